The Morgan fingerprint density at radius 2 is 1.60 bits per heavy atom. The highest BCUT2D eigenvalue weighted by Gasteiger charge is 2.13. The van der Waals surface area contributed by atoms with E-state index in [4.69, 9.17) is 5.73 Å². The number of unbranched alkanes of at least 4 members (excludes halogenated alkanes) is 1. The van der Waals surface area contributed by atoms with Gasteiger partial charge in [0.15, 0.2) is 0 Å². The molecule has 1 rings (SSSR count). The molecule has 0 saturated carbocycles. The maximum Gasteiger partial charge on any atom is 0.337 e. The molecule has 0 aromatic heterocycles. The molecule has 3 N–H and O–H groups in total. The van der Waals surface area contributed by atoms with Gasteiger partial charge >= 0.3 is 11.9 Å². The first-order chi connectivity index (χ1) is 9.62. The van der Waals surface area contributed by atoms with Gasteiger partial charge in [-0.25, -0.2) is 9.59 Å². The van der Waals surface area contributed by atoms with Crippen LogP contribution >= 0.6 is 0 Å². The largest absolute Gasteiger partial charge is 0.465 e. The fraction of sp³-hybridized carbons (Fsp3) is 0.429. The number of nitrogens with two attached hydrogens (primary N) is 1. The first-order valence-electron chi connectivity index (χ1n) is 6.38. The van der Waals surface area contributed by atoms with Gasteiger partial charge in [0.1, 0.15) is 0 Å². The van der Waals surface area contributed by atoms with Crippen LogP contribution in [0.5, 0.6) is 0 Å². The molecule has 6 heteroatoms. The second-order valence-electron chi connectivity index (χ2n) is 4.20. The lowest BCUT2D eigenvalue weighted by atomic mass is 10.1. The summed E-state index contributed by atoms with van der Waals surface area (Å²) in [7, 11) is 2.59. The minimum atomic E-state index is -0.499. The Kier molecular flexibility index (Phi) is 6.52. The van der Waals surface area contributed by atoms with Crippen molar-refractivity contribution in [2.24, 2.45) is 5.73 Å². The molecule has 0 aliphatic rings. The molecular formula is C14H20N2O4. The van der Waals surface area contributed by atoms with Gasteiger partial charge in [-0.15, -0.1) is 0 Å². The molecule has 110 valence electrons. The molecule has 1 aromatic carbocycles. The highest BCUT2D eigenvalue weighted by molar-refractivity contribution is 5.96. The van der Waals surface area contributed by atoms with Crippen LogP contribution in [-0.2, 0) is 9.47 Å². The van der Waals surface area contributed by atoms with Gasteiger partial charge in [0, 0.05) is 12.2 Å². The van der Waals surface area contributed by atoms with E-state index in [1.54, 1.807) is 12.1 Å². The van der Waals surface area contributed by atoms with Gasteiger partial charge in [0.2, 0.25) is 0 Å². The number of nitrogens with one attached hydrogen (secondary N) is 1. The Labute approximate surface area is 118 Å². The molecule has 0 spiro atoms. The van der Waals surface area contributed by atoms with Crippen molar-refractivity contribution in [2.75, 3.05) is 32.6 Å². The molecule has 0 aliphatic carbocycles. The van der Waals surface area contributed by atoms with Crippen molar-refractivity contribution in [1.29, 1.82) is 0 Å². The topological polar surface area (TPSA) is 90.6 Å². The molecular weight excluding hydrogens is 260 g/mol. The first kappa shape index (κ1) is 16.0. The molecule has 0 amide bonds. The number of rotatable bonds is 7. The van der Waals surface area contributed by atoms with Crippen LogP contribution in [0.2, 0.25) is 0 Å². The maximum atomic E-state index is 11.6. The van der Waals surface area contributed by atoms with Gasteiger partial charge in [-0.1, -0.05) is 0 Å². The van der Waals surface area contributed by atoms with Crippen molar-refractivity contribution in [1.82, 2.24) is 0 Å². The van der Waals surface area contributed by atoms with Crippen LogP contribution in [-0.4, -0.2) is 39.2 Å². The molecule has 20 heavy (non-hydrogen) atoms. The number of carbonyl (C=O) groups is 2. The Morgan fingerprint density at radius 1 is 1.05 bits per heavy atom. The maximum absolute atomic E-state index is 11.6. The molecule has 1 aromatic rings. The zero-order valence-corrected chi connectivity index (χ0v) is 11.8. The number of ether oxygens (including phenoxy) is 2. The highest BCUT2D eigenvalue weighted by atomic mass is 16.5. The second kappa shape index (κ2) is 8.16. The number of esters is 2. The third-order valence-corrected chi connectivity index (χ3v) is 2.74. The van der Waals surface area contributed by atoms with Gasteiger partial charge in [0.05, 0.1) is 25.3 Å². The molecule has 0 radical (unpaired) electrons. The minimum absolute atomic E-state index is 0.303. The number of benzene rings is 1. The van der Waals surface area contributed by atoms with Gasteiger partial charge in [-0.2, -0.15) is 0 Å². The van der Waals surface area contributed by atoms with E-state index in [1.807, 2.05) is 0 Å². The van der Waals surface area contributed by atoms with Gasteiger partial charge in [-0.05, 0) is 37.6 Å². The molecule has 6 nitrogen and oxygen atoms in total. The Morgan fingerprint density at radius 3 is 2.05 bits per heavy atom. The average Bonchev–Trinajstić information content (AvgIpc) is 2.49. The van der Waals surface area contributed by atoms with Gasteiger partial charge < -0.3 is 20.5 Å². The third-order valence-electron chi connectivity index (χ3n) is 2.74. The monoisotopic (exact) mass is 280 g/mol. The zero-order chi connectivity index (χ0) is 15.0. The van der Waals surface area contributed by atoms with Crippen molar-refractivity contribution in [2.45, 2.75) is 12.8 Å². The lowest BCUT2D eigenvalue weighted by Crippen LogP contribution is -2.10. The number of hydrogen-bond donors (Lipinski definition) is 2. The summed E-state index contributed by atoms with van der Waals surface area (Å²) in [6.07, 6.45) is 1.82. The normalized spacial score (nSPS) is 9.95. The fourth-order valence-corrected chi connectivity index (χ4v) is 1.70. The van der Waals surface area contributed by atoms with E-state index in [2.05, 4.69) is 14.8 Å². The van der Waals surface area contributed by atoms with E-state index in [1.165, 1.54) is 20.3 Å². The molecule has 0 aliphatic heterocycles. The lowest BCUT2D eigenvalue weighted by Gasteiger charge is -2.10. The summed E-state index contributed by atoms with van der Waals surface area (Å²) in [5.74, 6) is -0.999. The van der Waals surface area contributed by atoms with Crippen molar-refractivity contribution in [3.8, 4) is 0 Å². The van der Waals surface area contributed by atoms with Gasteiger partial charge in [0.25, 0.3) is 0 Å². The van der Waals surface area contributed by atoms with Crippen LogP contribution in [0.3, 0.4) is 0 Å². The summed E-state index contributed by atoms with van der Waals surface area (Å²) >= 11 is 0. The van der Waals surface area contributed by atoms with Crippen LogP contribution in [0.15, 0.2) is 18.2 Å². The highest BCUT2D eigenvalue weighted by Crippen LogP contribution is 2.17. The molecule has 0 bridgehead atoms. The smallest absolute Gasteiger partial charge is 0.337 e. The SMILES string of the molecule is COC(=O)c1cc(NCCCCN)cc(C(=O)OC)c1. The van der Waals surface area contributed by atoms with E-state index >= 15 is 0 Å². The van der Waals surface area contributed by atoms with Crippen molar-refractivity contribution in [3.05, 3.63) is 29.3 Å². The number of carbonyl (C=O) groups excluding carboxylic acids is 2. The quantitative estimate of drug-likeness (QED) is 0.579. The lowest BCUT2D eigenvalue weighted by molar-refractivity contribution is 0.0599. The predicted molar refractivity (Wildman–Crippen MR) is 75.9 cm³/mol. The van der Waals surface area contributed by atoms with Crippen LogP contribution < -0.4 is 11.1 Å². The Hall–Kier alpha value is -2.08. The molecule has 0 saturated heterocycles. The molecule has 0 fully saturated rings. The van der Waals surface area contributed by atoms with E-state index in [-0.39, 0.29) is 0 Å². The van der Waals surface area contributed by atoms with Crippen LogP contribution in [0.25, 0.3) is 0 Å². The zero-order valence-electron chi connectivity index (χ0n) is 11.8. The molecule has 0 heterocycles. The summed E-state index contributed by atoms with van der Waals surface area (Å²) in [6, 6.07) is 4.73. The summed E-state index contributed by atoms with van der Waals surface area (Å²) in [5, 5.41) is 3.15. The van der Waals surface area contributed by atoms with Crippen LogP contribution in [0, 0.1) is 0 Å². The first-order valence-corrected chi connectivity index (χ1v) is 6.38. The van der Waals surface area contributed by atoms with Crippen molar-refractivity contribution >= 4 is 17.6 Å². The Balaban J connectivity index is 2.91. The van der Waals surface area contributed by atoms with Crippen LogP contribution in [0.1, 0.15) is 33.6 Å². The van der Waals surface area contributed by atoms with Crippen LogP contribution in [0.4, 0.5) is 5.69 Å². The second-order valence-corrected chi connectivity index (χ2v) is 4.20. The van der Waals surface area contributed by atoms with E-state index < -0.39 is 11.9 Å². The van der Waals surface area contributed by atoms with E-state index in [0.29, 0.717) is 29.9 Å². The van der Waals surface area contributed by atoms with Gasteiger partial charge in [-0.3, -0.25) is 0 Å². The van der Waals surface area contributed by atoms with Crippen molar-refractivity contribution < 1.29 is 19.1 Å². The standard InChI is InChI=1S/C14H20N2O4/c1-19-13(17)10-7-11(14(18)20-2)9-12(8-10)16-6-4-3-5-15/h7-9,16H,3-6,15H2,1-2H3. The predicted octanol–water partition coefficient (Wildman–Crippen LogP) is 1.41. The van der Waals surface area contributed by atoms with E-state index in [0.717, 1.165) is 12.8 Å². The fourth-order valence-electron chi connectivity index (χ4n) is 1.70. The number of hydrogen-bond acceptors (Lipinski definition) is 6. The number of methoxy groups -OCH3 is 2. The summed E-state index contributed by atoms with van der Waals surface area (Å²) in [4.78, 5) is 23.2. The Bertz CT molecular complexity index is 440. The summed E-state index contributed by atoms with van der Waals surface area (Å²) < 4.78 is 9.33. The third kappa shape index (κ3) is 4.55. The number of anilines is 1. The van der Waals surface area contributed by atoms with E-state index in [9.17, 15) is 9.59 Å². The average molecular weight is 280 g/mol. The summed E-state index contributed by atoms with van der Waals surface area (Å²) in [6.45, 7) is 1.35. The summed E-state index contributed by atoms with van der Waals surface area (Å²) in [5.41, 5.74) is 6.70. The molecule has 0 atom stereocenters. The van der Waals surface area contributed by atoms with Crippen molar-refractivity contribution in [3.63, 3.8) is 0 Å². The minimum Gasteiger partial charge on any atom is -0.465 e. The molecule has 0 unspecified atom stereocenters.